The van der Waals surface area contributed by atoms with E-state index in [-0.39, 0.29) is 52.4 Å². The Kier molecular flexibility index (Phi) is 8.80. The Labute approximate surface area is 206 Å². The van der Waals surface area contributed by atoms with Gasteiger partial charge >= 0.3 is 45.8 Å². The summed E-state index contributed by atoms with van der Waals surface area (Å²) in [4.78, 5) is 12.3. The van der Waals surface area contributed by atoms with Crippen LogP contribution >= 0.6 is 23.2 Å². The minimum Gasteiger partial charge on any atom is -1.00 e. The zero-order valence-corrected chi connectivity index (χ0v) is 20.6. The molecule has 1 aliphatic heterocycles. The Hall–Kier alpha value is -1.08. The second-order valence-electron chi connectivity index (χ2n) is 6.32. The fraction of sp³-hybridized carbons (Fsp3) is 0.375. The number of urea groups is 1. The van der Waals surface area contributed by atoms with E-state index in [9.17, 15) is 17.6 Å². The first-order chi connectivity index (χ1) is 13.7. The normalized spacial score (nSPS) is 14.7. The van der Waals surface area contributed by atoms with Gasteiger partial charge in [-0.3, -0.25) is 4.68 Å². The van der Waals surface area contributed by atoms with E-state index < -0.39 is 28.1 Å². The van der Waals surface area contributed by atoms with E-state index >= 15 is 0 Å². The monoisotopic (exact) mass is 489 g/mol. The molecule has 9 nitrogen and oxygen atoms in total. The summed E-state index contributed by atoms with van der Waals surface area (Å²) in [7, 11) is -2.70. The molecule has 2 amide bonds. The van der Waals surface area contributed by atoms with Gasteiger partial charge in [0.05, 0.1) is 28.6 Å². The number of amides is 2. The van der Waals surface area contributed by atoms with Crippen LogP contribution in [0.4, 0.5) is 20.6 Å². The van der Waals surface area contributed by atoms with Gasteiger partial charge in [0.25, 0.3) is 0 Å². The van der Waals surface area contributed by atoms with Crippen molar-refractivity contribution < 1.29 is 53.3 Å². The van der Waals surface area contributed by atoms with Crippen molar-refractivity contribution in [1.29, 1.82) is 0 Å². The third-order valence-corrected chi connectivity index (χ3v) is 6.15. The van der Waals surface area contributed by atoms with Crippen molar-refractivity contribution in [3.05, 3.63) is 40.4 Å². The Balaban J connectivity index is 0.00000240. The van der Waals surface area contributed by atoms with Crippen LogP contribution in [0, 0.1) is 5.82 Å². The van der Waals surface area contributed by atoms with Crippen molar-refractivity contribution in [1.82, 2.24) is 14.5 Å². The van der Waals surface area contributed by atoms with Gasteiger partial charge in [-0.2, -0.15) is 13.5 Å². The van der Waals surface area contributed by atoms with E-state index in [0.717, 1.165) is 16.4 Å². The first kappa shape index (κ1) is 25.2. The maximum Gasteiger partial charge on any atom is 1.00 e. The van der Waals surface area contributed by atoms with Crippen molar-refractivity contribution in [3.8, 4) is 0 Å². The summed E-state index contributed by atoms with van der Waals surface area (Å²) >= 11 is 11.5. The third kappa shape index (κ3) is 6.00. The van der Waals surface area contributed by atoms with Crippen molar-refractivity contribution in [3.63, 3.8) is 0 Å². The van der Waals surface area contributed by atoms with E-state index in [1.807, 2.05) is 4.72 Å². The van der Waals surface area contributed by atoms with Crippen LogP contribution in [0.3, 0.4) is 0 Å². The average Bonchev–Trinajstić information content (AvgIpc) is 3.05. The molecule has 0 spiro atoms. The van der Waals surface area contributed by atoms with Crippen LogP contribution < -0.4 is 43.9 Å². The Bertz CT molecular complexity index is 1020. The van der Waals surface area contributed by atoms with Gasteiger partial charge in [-0.15, -0.1) is 0 Å². The molecule has 1 aromatic heterocycles. The number of benzene rings is 1. The van der Waals surface area contributed by atoms with E-state index in [1.54, 1.807) is 7.05 Å². The molecule has 14 heteroatoms. The molecule has 0 bridgehead atoms. The quantitative estimate of drug-likeness (QED) is 0.455. The number of hydrogen-bond acceptors (Lipinski definition) is 5. The number of hydrogen-bond donors (Lipinski definition) is 2. The molecular formula is C16H19Cl2FN5NaO4S. The van der Waals surface area contributed by atoms with Gasteiger partial charge < -0.3 is 11.5 Å². The number of aromatic nitrogens is 2. The topological polar surface area (TPSA) is 106 Å². The maximum atomic E-state index is 14.1. The molecule has 3 rings (SSSR count). The molecule has 160 valence electrons. The molecule has 0 unspecified atom stereocenters. The number of rotatable bonds is 5. The second-order valence-corrected chi connectivity index (χ2v) is 8.71. The van der Waals surface area contributed by atoms with Gasteiger partial charge in [0.15, 0.2) is 5.82 Å². The van der Waals surface area contributed by atoms with Crippen molar-refractivity contribution in [2.75, 3.05) is 22.8 Å². The minimum atomic E-state index is -4.34. The van der Waals surface area contributed by atoms with Crippen molar-refractivity contribution in [2.45, 2.75) is 18.9 Å². The van der Waals surface area contributed by atoms with Gasteiger partial charge in [-0.1, -0.05) is 23.2 Å². The van der Waals surface area contributed by atoms with Crippen LogP contribution in [0.15, 0.2) is 24.5 Å². The van der Waals surface area contributed by atoms with Crippen LogP contribution in [0.1, 0.15) is 14.3 Å². The van der Waals surface area contributed by atoms with Gasteiger partial charge in [0, 0.05) is 31.5 Å². The standard InChI is InChI=1S/C16H18Cl2FN5O4S.Na.H/c1-23-9-12(8-20-23)24(11-2-4-28-5-3-11)29(26,27)22-16(25)21-14-7-10(17)6-13(18)15(14)19;;/h6-9,11H,2-5H2,1H3,(H2,21,22,25);;/q;+1;-1. The van der Waals surface area contributed by atoms with E-state index in [2.05, 4.69) is 10.4 Å². The molecule has 30 heavy (non-hydrogen) atoms. The summed E-state index contributed by atoms with van der Waals surface area (Å²) in [6.45, 7) is 0.769. The Morgan fingerprint density at radius 2 is 2.03 bits per heavy atom. The number of nitrogens with zero attached hydrogens (tertiary/aromatic N) is 3. The molecule has 0 saturated carbocycles. The number of carbonyl (C=O) groups is 1. The fourth-order valence-corrected chi connectivity index (χ4v) is 4.80. The van der Waals surface area contributed by atoms with E-state index in [0.29, 0.717) is 26.1 Å². The molecular weight excluding hydrogens is 471 g/mol. The van der Waals surface area contributed by atoms with Crippen LogP contribution in [-0.4, -0.2) is 43.5 Å². The Morgan fingerprint density at radius 3 is 2.63 bits per heavy atom. The third-order valence-electron chi connectivity index (χ3n) is 4.19. The van der Waals surface area contributed by atoms with Crippen molar-refractivity contribution in [2.24, 2.45) is 7.05 Å². The number of carbonyl (C=O) groups excluding carboxylic acids is 1. The number of anilines is 2. The summed E-state index contributed by atoms with van der Waals surface area (Å²) < 4.78 is 49.8. The zero-order chi connectivity index (χ0) is 21.2. The molecule has 2 aromatic rings. The average molecular weight is 490 g/mol. The predicted octanol–water partition coefficient (Wildman–Crippen LogP) is 0.0344. The molecule has 2 N–H and O–H groups in total. The fourth-order valence-electron chi connectivity index (χ4n) is 2.95. The molecule has 1 saturated heterocycles. The van der Waals surface area contributed by atoms with Gasteiger partial charge in [0.1, 0.15) is 0 Å². The molecule has 1 aromatic carbocycles. The Morgan fingerprint density at radius 1 is 1.37 bits per heavy atom. The second kappa shape index (κ2) is 10.5. The molecule has 1 aliphatic rings. The van der Waals surface area contributed by atoms with Crippen LogP contribution in [-0.2, 0) is 22.0 Å². The van der Waals surface area contributed by atoms with Crippen LogP contribution in [0.25, 0.3) is 0 Å². The van der Waals surface area contributed by atoms with Crippen LogP contribution in [0.2, 0.25) is 10.0 Å². The first-order valence-electron chi connectivity index (χ1n) is 8.51. The summed E-state index contributed by atoms with van der Waals surface area (Å²) in [6, 6.07) is 0.679. The predicted molar refractivity (Wildman–Crippen MR) is 108 cm³/mol. The molecule has 0 atom stereocenters. The SMILES string of the molecule is Cn1cc(N(C2CCOCC2)S(=O)(=O)NC(=O)Nc2cc(Cl)cc(Cl)c2F)cn1.[H-].[Na+]. The largest absolute Gasteiger partial charge is 1.00 e. The number of aryl methyl sites for hydroxylation is 1. The summed E-state index contributed by atoms with van der Waals surface area (Å²) in [6.07, 6.45) is 3.78. The summed E-state index contributed by atoms with van der Waals surface area (Å²) in [5.74, 6) is -0.933. The van der Waals surface area contributed by atoms with Crippen LogP contribution in [0.5, 0.6) is 0 Å². The smallest absolute Gasteiger partial charge is 1.00 e. The molecule has 2 heterocycles. The molecule has 0 aliphatic carbocycles. The number of ether oxygens (including phenoxy) is 1. The van der Waals surface area contributed by atoms with E-state index in [4.69, 9.17) is 27.9 Å². The molecule has 0 radical (unpaired) electrons. The summed E-state index contributed by atoms with van der Waals surface area (Å²) in [5, 5.41) is 5.88. The molecule has 1 fully saturated rings. The van der Waals surface area contributed by atoms with Gasteiger partial charge in [0.2, 0.25) is 0 Å². The zero-order valence-electron chi connectivity index (χ0n) is 17.2. The van der Waals surface area contributed by atoms with Crippen molar-refractivity contribution >= 4 is 50.8 Å². The first-order valence-corrected chi connectivity index (χ1v) is 10.7. The number of nitrogens with one attached hydrogen (secondary N) is 2. The van der Waals surface area contributed by atoms with E-state index in [1.165, 1.54) is 17.1 Å². The summed E-state index contributed by atoms with van der Waals surface area (Å²) in [5.41, 5.74) is -0.0640. The van der Waals surface area contributed by atoms with Gasteiger partial charge in [-0.05, 0) is 25.0 Å². The minimum absolute atomic E-state index is 0. The van der Waals surface area contributed by atoms with Gasteiger partial charge in [-0.25, -0.2) is 18.2 Å². The maximum absolute atomic E-state index is 14.1. The number of halogens is 3.